The van der Waals surface area contributed by atoms with E-state index in [2.05, 4.69) is 6.92 Å². The Morgan fingerprint density at radius 2 is 1.29 bits per heavy atom. The van der Waals surface area contributed by atoms with Crippen molar-refractivity contribution in [1.82, 2.24) is 0 Å². The quantitative estimate of drug-likeness (QED) is 0.0882. The first-order valence-corrected chi connectivity index (χ1v) is 15.1. The lowest BCUT2D eigenvalue weighted by Crippen LogP contribution is -2.25. The molecule has 0 aliphatic carbocycles. The molecule has 2 aromatic carbocycles. The summed E-state index contributed by atoms with van der Waals surface area (Å²) in [6.45, 7) is 4.14. The van der Waals surface area contributed by atoms with Crippen LogP contribution in [0.5, 0.6) is 5.75 Å². The SMILES string of the molecule is CCCCCCCCCCOc1ccc(-c2ccc(C(=O)OCCC(CCCCCC)C(F)(F)F)cc2)c(F)c1F. The topological polar surface area (TPSA) is 35.5 Å². The number of esters is 1. The Bertz CT molecular complexity index is 1020. The summed E-state index contributed by atoms with van der Waals surface area (Å²) in [6, 6.07) is 8.47. The Labute approximate surface area is 241 Å². The Hall–Kier alpha value is -2.64. The van der Waals surface area contributed by atoms with Crippen molar-refractivity contribution >= 4 is 5.97 Å². The molecule has 0 fully saturated rings. The van der Waals surface area contributed by atoms with Crippen molar-refractivity contribution in [2.75, 3.05) is 13.2 Å². The molecule has 8 heteroatoms. The number of rotatable bonds is 20. The monoisotopic (exact) mass is 584 g/mol. The zero-order valence-electron chi connectivity index (χ0n) is 24.5. The molecular formula is C33H45F5O3. The van der Waals surface area contributed by atoms with E-state index in [1.54, 1.807) is 0 Å². The first-order valence-electron chi connectivity index (χ1n) is 15.1. The molecule has 1 unspecified atom stereocenters. The van der Waals surface area contributed by atoms with E-state index in [0.717, 1.165) is 38.5 Å². The largest absolute Gasteiger partial charge is 0.490 e. The summed E-state index contributed by atoms with van der Waals surface area (Å²) < 4.78 is 80.0. The maximum Gasteiger partial charge on any atom is 0.391 e. The lowest BCUT2D eigenvalue weighted by atomic mass is 9.97. The second kappa shape index (κ2) is 18.7. The fourth-order valence-electron chi connectivity index (χ4n) is 4.74. The van der Waals surface area contributed by atoms with E-state index in [9.17, 15) is 26.7 Å². The van der Waals surface area contributed by atoms with Crippen LogP contribution in [0.4, 0.5) is 22.0 Å². The van der Waals surface area contributed by atoms with Crippen molar-refractivity contribution in [3.8, 4) is 16.9 Å². The molecule has 0 heterocycles. The van der Waals surface area contributed by atoms with Gasteiger partial charge in [0.25, 0.3) is 0 Å². The van der Waals surface area contributed by atoms with Gasteiger partial charge >= 0.3 is 12.1 Å². The molecule has 2 rings (SSSR count). The lowest BCUT2D eigenvalue weighted by Gasteiger charge is -2.20. The number of unbranched alkanes of at least 4 members (excludes halogenated alkanes) is 10. The second-order valence-electron chi connectivity index (χ2n) is 10.7. The van der Waals surface area contributed by atoms with Crippen molar-refractivity contribution in [3.63, 3.8) is 0 Å². The lowest BCUT2D eigenvalue weighted by molar-refractivity contribution is -0.180. The maximum absolute atomic E-state index is 14.8. The average molecular weight is 585 g/mol. The van der Waals surface area contributed by atoms with Gasteiger partial charge in [0.05, 0.1) is 24.7 Å². The van der Waals surface area contributed by atoms with Gasteiger partial charge in [-0.25, -0.2) is 9.18 Å². The fraction of sp³-hybridized carbons (Fsp3) is 0.606. The number of hydrogen-bond acceptors (Lipinski definition) is 3. The Morgan fingerprint density at radius 3 is 1.90 bits per heavy atom. The molecule has 0 spiro atoms. The highest BCUT2D eigenvalue weighted by molar-refractivity contribution is 5.90. The van der Waals surface area contributed by atoms with E-state index >= 15 is 0 Å². The van der Waals surface area contributed by atoms with E-state index in [0.29, 0.717) is 18.6 Å². The Kier molecular flexibility index (Phi) is 15.8. The summed E-state index contributed by atoms with van der Waals surface area (Å²) in [4.78, 5) is 12.4. The van der Waals surface area contributed by atoms with Crippen LogP contribution in [0.3, 0.4) is 0 Å². The highest BCUT2D eigenvalue weighted by Gasteiger charge is 2.38. The molecule has 230 valence electrons. The predicted molar refractivity (Wildman–Crippen MR) is 153 cm³/mol. The molecule has 0 radical (unpaired) electrons. The molecule has 0 bridgehead atoms. The third kappa shape index (κ3) is 12.4. The molecule has 1 atom stereocenters. The first-order chi connectivity index (χ1) is 19.7. The van der Waals surface area contributed by atoms with E-state index in [1.807, 2.05) is 6.92 Å². The van der Waals surface area contributed by atoms with E-state index in [4.69, 9.17) is 9.47 Å². The summed E-state index contributed by atoms with van der Waals surface area (Å²) in [5.74, 6) is -4.54. The number of hydrogen-bond donors (Lipinski definition) is 0. The minimum Gasteiger partial charge on any atom is -0.490 e. The minimum absolute atomic E-state index is 0.0120. The van der Waals surface area contributed by atoms with Gasteiger partial charge in [-0.3, -0.25) is 0 Å². The third-order valence-electron chi connectivity index (χ3n) is 7.30. The van der Waals surface area contributed by atoms with Crippen LogP contribution >= 0.6 is 0 Å². The smallest absolute Gasteiger partial charge is 0.391 e. The highest BCUT2D eigenvalue weighted by atomic mass is 19.4. The van der Waals surface area contributed by atoms with Crippen LogP contribution in [0.15, 0.2) is 36.4 Å². The molecule has 0 aliphatic heterocycles. The molecule has 0 saturated heterocycles. The molecule has 0 aromatic heterocycles. The van der Waals surface area contributed by atoms with Gasteiger partial charge in [-0.15, -0.1) is 0 Å². The van der Waals surface area contributed by atoms with Crippen molar-refractivity contribution in [3.05, 3.63) is 53.6 Å². The summed E-state index contributed by atoms with van der Waals surface area (Å²) >= 11 is 0. The fourth-order valence-corrected chi connectivity index (χ4v) is 4.74. The molecule has 3 nitrogen and oxygen atoms in total. The Balaban J connectivity index is 1.85. The van der Waals surface area contributed by atoms with Gasteiger partial charge in [-0.2, -0.15) is 17.6 Å². The second-order valence-corrected chi connectivity index (χ2v) is 10.7. The van der Waals surface area contributed by atoms with E-state index in [1.165, 1.54) is 68.5 Å². The maximum atomic E-state index is 14.8. The van der Waals surface area contributed by atoms with Crippen LogP contribution in [-0.4, -0.2) is 25.4 Å². The van der Waals surface area contributed by atoms with Crippen molar-refractivity contribution in [2.24, 2.45) is 5.92 Å². The summed E-state index contributed by atoms with van der Waals surface area (Å²) in [6.07, 6.45) is 7.40. The van der Waals surface area contributed by atoms with Crippen molar-refractivity contribution in [1.29, 1.82) is 0 Å². The number of ether oxygens (including phenoxy) is 2. The highest BCUT2D eigenvalue weighted by Crippen LogP contribution is 2.33. The summed E-state index contributed by atoms with van der Waals surface area (Å²) in [5.41, 5.74) is 0.473. The van der Waals surface area contributed by atoms with E-state index in [-0.39, 0.29) is 36.3 Å². The molecule has 0 N–H and O–H groups in total. The Morgan fingerprint density at radius 1 is 0.707 bits per heavy atom. The number of carbonyl (C=O) groups is 1. The summed E-state index contributed by atoms with van der Waals surface area (Å²) in [5, 5.41) is 0. The van der Waals surface area contributed by atoms with Crippen LogP contribution in [0.2, 0.25) is 0 Å². The van der Waals surface area contributed by atoms with Crippen LogP contribution in [-0.2, 0) is 4.74 Å². The van der Waals surface area contributed by atoms with Gasteiger partial charge in [-0.1, -0.05) is 96.6 Å². The molecule has 0 amide bonds. The number of benzene rings is 2. The van der Waals surface area contributed by atoms with E-state index < -0.39 is 29.7 Å². The molecule has 2 aromatic rings. The molecule has 0 saturated carbocycles. The number of carbonyl (C=O) groups excluding carboxylic acids is 1. The zero-order chi connectivity index (χ0) is 30.1. The van der Waals surface area contributed by atoms with Crippen LogP contribution in [0.1, 0.15) is 114 Å². The van der Waals surface area contributed by atoms with Crippen LogP contribution in [0, 0.1) is 17.6 Å². The summed E-state index contributed by atoms with van der Waals surface area (Å²) in [7, 11) is 0. The predicted octanol–water partition coefficient (Wildman–Crippen LogP) is 10.8. The van der Waals surface area contributed by atoms with Gasteiger partial charge in [-0.05, 0) is 49.1 Å². The van der Waals surface area contributed by atoms with Crippen molar-refractivity contribution < 1.29 is 36.2 Å². The minimum atomic E-state index is -4.34. The molecule has 41 heavy (non-hydrogen) atoms. The van der Waals surface area contributed by atoms with Gasteiger partial charge in [0.1, 0.15) is 0 Å². The molecular weight excluding hydrogens is 539 g/mol. The van der Waals surface area contributed by atoms with Crippen molar-refractivity contribution in [2.45, 2.75) is 110 Å². The number of halogens is 5. The van der Waals surface area contributed by atoms with Crippen LogP contribution in [0.25, 0.3) is 11.1 Å². The zero-order valence-corrected chi connectivity index (χ0v) is 24.5. The van der Waals surface area contributed by atoms with Crippen LogP contribution < -0.4 is 4.74 Å². The normalized spacial score (nSPS) is 12.4. The van der Waals surface area contributed by atoms with Gasteiger partial charge in [0, 0.05) is 5.56 Å². The standard InChI is InChI=1S/C33H45F5O3/c1-3-5-7-9-10-11-12-14-23-40-29-21-20-28(30(34)31(29)35)25-16-18-26(19-17-25)32(39)41-24-22-27(33(36,37)38)15-13-8-6-4-2/h16-21,27H,3-15,22-24H2,1-2H3. The first kappa shape index (κ1) is 34.6. The van der Waals surface area contributed by atoms with Gasteiger partial charge in [0.2, 0.25) is 5.82 Å². The van der Waals surface area contributed by atoms with Gasteiger partial charge in [0.15, 0.2) is 11.6 Å². The average Bonchev–Trinajstić information content (AvgIpc) is 2.95. The van der Waals surface area contributed by atoms with Gasteiger partial charge < -0.3 is 9.47 Å². The number of alkyl halides is 3. The molecule has 0 aliphatic rings. The third-order valence-corrected chi connectivity index (χ3v) is 7.30.